The van der Waals surface area contributed by atoms with Crippen molar-refractivity contribution in [2.75, 3.05) is 5.75 Å². The fourth-order valence-corrected chi connectivity index (χ4v) is 4.20. The van der Waals surface area contributed by atoms with Crippen LogP contribution in [0.2, 0.25) is 10.0 Å². The summed E-state index contributed by atoms with van der Waals surface area (Å²) < 4.78 is 0. The molecule has 3 rings (SSSR count). The van der Waals surface area contributed by atoms with Crippen molar-refractivity contribution in [1.82, 2.24) is 5.32 Å². The van der Waals surface area contributed by atoms with Crippen LogP contribution >= 0.6 is 35.0 Å². The predicted octanol–water partition coefficient (Wildman–Crippen LogP) is 5.03. The largest absolute Gasteiger partial charge is 0.506 e. The highest BCUT2D eigenvalue weighted by molar-refractivity contribution is 7.99. The number of phenolic OH excluding ortho intramolecular Hbond substituents is 1. The molecule has 5 heteroatoms. The second kappa shape index (κ2) is 6.49. The number of fused-ring (bicyclic) bond motifs is 1. The van der Waals surface area contributed by atoms with Crippen molar-refractivity contribution < 1.29 is 5.11 Å². The molecule has 1 heterocycles. The van der Waals surface area contributed by atoms with Gasteiger partial charge in [-0.3, -0.25) is 0 Å². The first-order valence-electron chi connectivity index (χ1n) is 6.77. The number of thioether (sulfide) groups is 1. The SMILES string of the molecule is Oc1c(Cl)cc(Cl)cc1CNC1CCSc2ccccc21. The third-order valence-electron chi connectivity index (χ3n) is 3.60. The van der Waals surface area contributed by atoms with Gasteiger partial charge in [0.05, 0.1) is 5.02 Å². The molecule has 2 aromatic rings. The molecule has 0 saturated heterocycles. The van der Waals surface area contributed by atoms with Gasteiger partial charge in [-0.15, -0.1) is 11.8 Å². The van der Waals surface area contributed by atoms with Crippen LogP contribution in [0.4, 0.5) is 0 Å². The summed E-state index contributed by atoms with van der Waals surface area (Å²) in [4.78, 5) is 1.33. The summed E-state index contributed by atoms with van der Waals surface area (Å²) in [6.07, 6.45) is 1.07. The van der Waals surface area contributed by atoms with Crippen molar-refractivity contribution >= 4 is 35.0 Å². The Labute approximate surface area is 138 Å². The number of rotatable bonds is 3. The fraction of sp³-hybridized carbons (Fsp3) is 0.250. The number of phenols is 1. The van der Waals surface area contributed by atoms with Crippen molar-refractivity contribution in [3.63, 3.8) is 0 Å². The first-order valence-corrected chi connectivity index (χ1v) is 8.51. The van der Waals surface area contributed by atoms with E-state index in [0.29, 0.717) is 22.6 Å². The van der Waals surface area contributed by atoms with Gasteiger partial charge in [0.25, 0.3) is 0 Å². The molecule has 1 atom stereocenters. The second-order valence-electron chi connectivity index (χ2n) is 5.00. The number of aromatic hydroxyl groups is 1. The second-order valence-corrected chi connectivity index (χ2v) is 6.98. The van der Waals surface area contributed by atoms with E-state index < -0.39 is 0 Å². The van der Waals surface area contributed by atoms with Crippen molar-refractivity contribution in [3.8, 4) is 5.75 Å². The molecule has 21 heavy (non-hydrogen) atoms. The van der Waals surface area contributed by atoms with E-state index in [4.69, 9.17) is 23.2 Å². The lowest BCUT2D eigenvalue weighted by Gasteiger charge is -2.26. The molecule has 1 aliphatic heterocycles. The van der Waals surface area contributed by atoms with Crippen LogP contribution in [0.15, 0.2) is 41.3 Å². The van der Waals surface area contributed by atoms with Crippen LogP contribution in [0.1, 0.15) is 23.6 Å². The molecular formula is C16H15Cl2NOS. The van der Waals surface area contributed by atoms with Crippen LogP contribution in [-0.2, 0) is 6.54 Å². The maximum absolute atomic E-state index is 10.0. The molecule has 0 aliphatic carbocycles. The zero-order valence-electron chi connectivity index (χ0n) is 11.3. The molecular weight excluding hydrogens is 325 g/mol. The number of nitrogens with one attached hydrogen (secondary N) is 1. The summed E-state index contributed by atoms with van der Waals surface area (Å²) in [6, 6.07) is 12.0. The average Bonchev–Trinajstić information content (AvgIpc) is 2.49. The number of hydrogen-bond acceptors (Lipinski definition) is 3. The van der Waals surface area contributed by atoms with Gasteiger partial charge in [0.2, 0.25) is 0 Å². The third-order valence-corrected chi connectivity index (χ3v) is 5.23. The lowest BCUT2D eigenvalue weighted by atomic mass is 10.0. The molecule has 2 N–H and O–H groups in total. The highest BCUT2D eigenvalue weighted by atomic mass is 35.5. The van der Waals surface area contributed by atoms with E-state index in [1.807, 2.05) is 11.8 Å². The van der Waals surface area contributed by atoms with Crippen LogP contribution in [0.25, 0.3) is 0 Å². The molecule has 0 aromatic heterocycles. The lowest BCUT2D eigenvalue weighted by Crippen LogP contribution is -2.24. The molecule has 2 aromatic carbocycles. The van der Waals surface area contributed by atoms with Crippen molar-refractivity contribution in [2.24, 2.45) is 0 Å². The van der Waals surface area contributed by atoms with Gasteiger partial charge in [-0.05, 0) is 35.9 Å². The van der Waals surface area contributed by atoms with Gasteiger partial charge >= 0.3 is 0 Å². The summed E-state index contributed by atoms with van der Waals surface area (Å²) in [5, 5.41) is 14.3. The summed E-state index contributed by atoms with van der Waals surface area (Å²) in [7, 11) is 0. The number of hydrogen-bond donors (Lipinski definition) is 2. The van der Waals surface area contributed by atoms with E-state index in [1.54, 1.807) is 12.1 Å². The lowest BCUT2D eigenvalue weighted by molar-refractivity contribution is 0.454. The van der Waals surface area contributed by atoms with E-state index in [2.05, 4.69) is 29.6 Å². The highest BCUT2D eigenvalue weighted by Crippen LogP contribution is 2.37. The molecule has 110 valence electrons. The molecule has 1 unspecified atom stereocenters. The van der Waals surface area contributed by atoms with Crippen molar-refractivity contribution in [3.05, 3.63) is 57.6 Å². The molecule has 0 fully saturated rings. The summed E-state index contributed by atoms with van der Waals surface area (Å²) >= 11 is 13.8. The minimum atomic E-state index is 0.104. The van der Waals surface area contributed by atoms with E-state index in [-0.39, 0.29) is 5.75 Å². The van der Waals surface area contributed by atoms with Gasteiger partial charge < -0.3 is 10.4 Å². The topological polar surface area (TPSA) is 32.3 Å². The molecule has 0 saturated carbocycles. The predicted molar refractivity (Wildman–Crippen MR) is 89.5 cm³/mol. The fourth-order valence-electron chi connectivity index (χ4n) is 2.54. The van der Waals surface area contributed by atoms with Crippen molar-refractivity contribution in [2.45, 2.75) is 23.9 Å². The third kappa shape index (κ3) is 3.32. The van der Waals surface area contributed by atoms with E-state index >= 15 is 0 Å². The highest BCUT2D eigenvalue weighted by Gasteiger charge is 2.20. The van der Waals surface area contributed by atoms with Gasteiger partial charge in [-0.2, -0.15) is 0 Å². The Bertz CT molecular complexity index is 663. The minimum Gasteiger partial charge on any atom is -0.506 e. The molecule has 0 amide bonds. The number of benzene rings is 2. The van der Waals surface area contributed by atoms with Crippen LogP contribution < -0.4 is 5.32 Å². The van der Waals surface area contributed by atoms with Gasteiger partial charge in [-0.25, -0.2) is 0 Å². The zero-order valence-corrected chi connectivity index (χ0v) is 13.6. The molecule has 0 radical (unpaired) electrons. The smallest absolute Gasteiger partial charge is 0.138 e. The summed E-state index contributed by atoms with van der Waals surface area (Å²) in [5.74, 6) is 1.20. The molecule has 2 nitrogen and oxygen atoms in total. The van der Waals surface area contributed by atoms with Gasteiger partial charge in [0.15, 0.2) is 0 Å². The first kappa shape index (κ1) is 15.0. The molecule has 0 bridgehead atoms. The maximum atomic E-state index is 10.0. The average molecular weight is 340 g/mol. The maximum Gasteiger partial charge on any atom is 0.138 e. The van der Waals surface area contributed by atoms with E-state index in [9.17, 15) is 5.11 Å². The summed E-state index contributed by atoms with van der Waals surface area (Å²) in [6.45, 7) is 0.537. The Balaban J connectivity index is 1.78. The Morgan fingerprint density at radius 1 is 1.24 bits per heavy atom. The van der Waals surface area contributed by atoms with E-state index in [1.165, 1.54) is 10.5 Å². The Kier molecular flexibility index (Phi) is 4.65. The molecule has 0 spiro atoms. The van der Waals surface area contributed by atoms with Crippen LogP contribution in [0.3, 0.4) is 0 Å². The summed E-state index contributed by atoms with van der Waals surface area (Å²) in [5.41, 5.74) is 2.05. The standard InChI is InChI=1S/C16H15Cl2NOS/c17-11-7-10(16(20)13(18)8-11)9-19-14-5-6-21-15-4-2-1-3-12(14)15/h1-4,7-8,14,19-20H,5-6,9H2. The van der Waals surface area contributed by atoms with Gasteiger partial charge in [0.1, 0.15) is 5.75 Å². The quantitative estimate of drug-likeness (QED) is 0.822. The Hall–Kier alpha value is -0.870. The van der Waals surface area contributed by atoms with Gasteiger partial charge in [-0.1, -0.05) is 41.4 Å². The van der Waals surface area contributed by atoms with Crippen LogP contribution in [-0.4, -0.2) is 10.9 Å². The normalized spacial score (nSPS) is 17.5. The minimum absolute atomic E-state index is 0.104. The van der Waals surface area contributed by atoms with Gasteiger partial charge in [0, 0.05) is 28.1 Å². The van der Waals surface area contributed by atoms with Crippen LogP contribution in [0.5, 0.6) is 5.75 Å². The zero-order chi connectivity index (χ0) is 14.8. The number of halogens is 2. The molecule has 1 aliphatic rings. The first-order chi connectivity index (χ1) is 10.1. The Morgan fingerprint density at radius 3 is 2.90 bits per heavy atom. The van der Waals surface area contributed by atoms with Crippen molar-refractivity contribution in [1.29, 1.82) is 0 Å². The van der Waals surface area contributed by atoms with E-state index in [0.717, 1.165) is 17.7 Å². The Morgan fingerprint density at radius 2 is 2.05 bits per heavy atom. The van der Waals surface area contributed by atoms with Crippen LogP contribution in [0, 0.1) is 0 Å². The monoisotopic (exact) mass is 339 g/mol.